The number of methoxy groups -OCH3 is 1. The number of H-pyrrole nitrogens is 1. The van der Waals surface area contributed by atoms with E-state index in [2.05, 4.69) is 12.6 Å². The van der Waals surface area contributed by atoms with Crippen molar-refractivity contribution in [1.29, 1.82) is 0 Å². The highest BCUT2D eigenvalue weighted by Crippen LogP contribution is 2.39. The third kappa shape index (κ3) is 2.45. The maximum absolute atomic E-state index is 11.8. The van der Waals surface area contributed by atoms with Crippen LogP contribution in [0.5, 0.6) is 0 Å². The van der Waals surface area contributed by atoms with Crippen molar-refractivity contribution in [2.45, 2.75) is 24.0 Å². The van der Waals surface area contributed by atoms with Crippen molar-refractivity contribution in [2.75, 3.05) is 13.7 Å². The Hall–Kier alpha value is -1.46. The molecule has 0 aliphatic carbocycles. The average molecular weight is 318 g/mol. The summed E-state index contributed by atoms with van der Waals surface area (Å²) in [6.07, 6.45) is -2.68. The summed E-state index contributed by atoms with van der Waals surface area (Å²) in [5, 5.41) is 18.7. The van der Waals surface area contributed by atoms with Gasteiger partial charge in [0, 0.05) is 19.4 Å². The summed E-state index contributed by atoms with van der Waals surface area (Å²) in [4.78, 5) is 36.5. The molecule has 0 bridgehead atoms. The number of aromatic amines is 1. The second kappa shape index (κ2) is 5.73. The number of carbonyl (C=O) groups excluding carboxylic acids is 1. The van der Waals surface area contributed by atoms with Crippen molar-refractivity contribution in [3.8, 4) is 0 Å². The Morgan fingerprint density at radius 3 is 2.76 bits per heavy atom. The number of hydrogen-bond donors (Lipinski definition) is 4. The molecule has 3 N–H and O–H groups in total. The van der Waals surface area contributed by atoms with E-state index in [4.69, 9.17) is 9.47 Å². The molecule has 1 saturated heterocycles. The normalized spacial score (nSPS) is 32.3. The van der Waals surface area contributed by atoms with Gasteiger partial charge < -0.3 is 19.7 Å². The van der Waals surface area contributed by atoms with Crippen molar-refractivity contribution >= 4 is 17.7 Å². The molecule has 0 unspecified atom stereocenters. The number of aromatic nitrogens is 2. The van der Waals surface area contributed by atoms with Gasteiger partial charge in [0.15, 0.2) is 11.8 Å². The quantitative estimate of drug-likeness (QED) is 0.456. The first-order chi connectivity index (χ1) is 9.86. The standard InChI is InChI=1S/C11H14N2O7S/c1-19-7-8(13-3-2-6(15)12-10(13)17)20-5(4-14)11(7,18)9(16)21/h2-3,5,7-8,14,18H,4H2,1H3,(H,16,21)(H,12,15,17)/t5-,7+,8-,11-/m1/s1. The van der Waals surface area contributed by atoms with Crippen molar-refractivity contribution in [3.63, 3.8) is 0 Å². The molecule has 1 aliphatic rings. The lowest BCUT2D eigenvalue weighted by atomic mass is 9.93. The monoisotopic (exact) mass is 318 g/mol. The summed E-state index contributed by atoms with van der Waals surface area (Å²) in [5.74, 6) is 0. The highest BCUT2D eigenvalue weighted by atomic mass is 32.1. The molecule has 116 valence electrons. The summed E-state index contributed by atoms with van der Waals surface area (Å²) >= 11 is 3.60. The molecule has 1 aromatic heterocycles. The SMILES string of the molecule is CO[C@H]1[C@H](n2ccc(=O)[nH]c2=O)O[C@H](CO)[C@]1(O)C(=O)S. The van der Waals surface area contributed by atoms with Crippen LogP contribution in [0.2, 0.25) is 0 Å². The fourth-order valence-corrected chi connectivity index (χ4v) is 2.59. The number of aliphatic hydroxyl groups is 2. The number of hydrogen-bond acceptors (Lipinski definition) is 7. The molecule has 0 radical (unpaired) electrons. The zero-order valence-corrected chi connectivity index (χ0v) is 11.8. The van der Waals surface area contributed by atoms with Crippen LogP contribution < -0.4 is 11.2 Å². The molecule has 2 rings (SSSR count). The van der Waals surface area contributed by atoms with Crippen molar-refractivity contribution in [1.82, 2.24) is 9.55 Å². The maximum atomic E-state index is 11.8. The Bertz CT molecular complexity index is 656. The Morgan fingerprint density at radius 2 is 2.29 bits per heavy atom. The van der Waals surface area contributed by atoms with Gasteiger partial charge in [0.2, 0.25) is 5.12 Å². The number of aliphatic hydroxyl groups excluding tert-OH is 1. The van der Waals surface area contributed by atoms with E-state index >= 15 is 0 Å². The Labute approximate surface area is 123 Å². The molecule has 0 spiro atoms. The van der Waals surface area contributed by atoms with E-state index in [0.29, 0.717) is 0 Å². The van der Waals surface area contributed by atoms with Crippen LogP contribution in [-0.4, -0.2) is 56.4 Å². The maximum Gasteiger partial charge on any atom is 0.330 e. The van der Waals surface area contributed by atoms with Crippen molar-refractivity contribution in [3.05, 3.63) is 33.1 Å². The second-order valence-electron chi connectivity index (χ2n) is 4.50. The Balaban J connectivity index is 2.53. The third-order valence-electron chi connectivity index (χ3n) is 3.37. The second-order valence-corrected chi connectivity index (χ2v) is 4.91. The highest BCUT2D eigenvalue weighted by Gasteiger charge is 2.60. The number of rotatable bonds is 4. The zero-order chi connectivity index (χ0) is 15.8. The van der Waals surface area contributed by atoms with E-state index in [0.717, 1.165) is 16.8 Å². The van der Waals surface area contributed by atoms with Crippen molar-refractivity contribution in [2.24, 2.45) is 0 Å². The fraction of sp³-hybridized carbons (Fsp3) is 0.545. The minimum atomic E-state index is -2.23. The van der Waals surface area contributed by atoms with Gasteiger partial charge in [-0.05, 0) is 0 Å². The summed E-state index contributed by atoms with van der Waals surface area (Å²) in [7, 11) is 1.21. The van der Waals surface area contributed by atoms with Crippen LogP contribution in [0.3, 0.4) is 0 Å². The lowest BCUT2D eigenvalue weighted by Crippen LogP contribution is -2.54. The first-order valence-corrected chi connectivity index (χ1v) is 6.37. The van der Waals surface area contributed by atoms with Gasteiger partial charge in [-0.15, -0.1) is 12.6 Å². The van der Waals surface area contributed by atoms with Gasteiger partial charge in [-0.1, -0.05) is 0 Å². The summed E-state index contributed by atoms with van der Waals surface area (Å²) in [5.41, 5.74) is -3.64. The molecule has 10 heteroatoms. The van der Waals surface area contributed by atoms with Gasteiger partial charge in [-0.3, -0.25) is 19.1 Å². The first kappa shape index (κ1) is 15.9. The van der Waals surface area contributed by atoms with Crippen LogP contribution in [0, 0.1) is 0 Å². The predicted octanol–water partition coefficient (Wildman–Crippen LogP) is -2.37. The lowest BCUT2D eigenvalue weighted by molar-refractivity contribution is -0.146. The molecular weight excluding hydrogens is 304 g/mol. The van der Waals surface area contributed by atoms with Gasteiger partial charge >= 0.3 is 5.69 Å². The topological polar surface area (TPSA) is 131 Å². The predicted molar refractivity (Wildman–Crippen MR) is 72.1 cm³/mol. The van der Waals surface area contributed by atoms with Crippen LogP contribution in [0.1, 0.15) is 6.23 Å². The highest BCUT2D eigenvalue weighted by molar-refractivity contribution is 7.96. The van der Waals surface area contributed by atoms with E-state index < -0.39 is 47.0 Å². The molecule has 21 heavy (non-hydrogen) atoms. The molecular formula is C11H14N2O7S. The largest absolute Gasteiger partial charge is 0.394 e. The van der Waals surface area contributed by atoms with Crippen LogP contribution in [-0.2, 0) is 14.3 Å². The number of carbonyl (C=O) groups is 1. The minimum absolute atomic E-state index is 0.609. The number of thiol groups is 1. The minimum Gasteiger partial charge on any atom is -0.394 e. The van der Waals surface area contributed by atoms with Crippen LogP contribution in [0.25, 0.3) is 0 Å². The molecule has 2 heterocycles. The van der Waals surface area contributed by atoms with E-state index in [9.17, 15) is 24.6 Å². The molecule has 0 amide bonds. The van der Waals surface area contributed by atoms with E-state index in [1.165, 1.54) is 7.11 Å². The molecule has 0 aromatic carbocycles. The van der Waals surface area contributed by atoms with Crippen LogP contribution in [0.4, 0.5) is 0 Å². The van der Waals surface area contributed by atoms with E-state index in [1.807, 2.05) is 4.98 Å². The van der Waals surface area contributed by atoms with Gasteiger partial charge in [0.25, 0.3) is 5.56 Å². The van der Waals surface area contributed by atoms with Crippen LogP contribution in [0.15, 0.2) is 21.9 Å². The molecule has 9 nitrogen and oxygen atoms in total. The van der Waals surface area contributed by atoms with E-state index in [1.54, 1.807) is 0 Å². The summed E-state index contributed by atoms with van der Waals surface area (Å²) in [6.45, 7) is -0.683. The van der Waals surface area contributed by atoms with Gasteiger partial charge in [0.05, 0.1) is 6.61 Å². The first-order valence-electron chi connectivity index (χ1n) is 5.92. The molecule has 1 aliphatic heterocycles. The Kier molecular flexibility index (Phi) is 4.35. The lowest BCUT2D eigenvalue weighted by Gasteiger charge is -2.28. The number of nitrogens with one attached hydrogen (secondary N) is 1. The Morgan fingerprint density at radius 1 is 1.62 bits per heavy atom. The van der Waals surface area contributed by atoms with Gasteiger partial charge in [0.1, 0.15) is 12.2 Å². The molecule has 1 fully saturated rings. The summed E-state index contributed by atoms with van der Waals surface area (Å²) in [6, 6.07) is 1.07. The fourth-order valence-electron chi connectivity index (χ4n) is 2.32. The number of ether oxygens (including phenoxy) is 2. The van der Waals surface area contributed by atoms with Gasteiger partial charge in [-0.2, -0.15) is 0 Å². The number of nitrogens with zero attached hydrogens (tertiary/aromatic N) is 1. The van der Waals surface area contributed by atoms with Gasteiger partial charge in [-0.25, -0.2) is 4.79 Å². The molecule has 1 aromatic rings. The van der Waals surface area contributed by atoms with E-state index in [-0.39, 0.29) is 0 Å². The molecule has 0 saturated carbocycles. The summed E-state index contributed by atoms with van der Waals surface area (Å²) < 4.78 is 11.4. The zero-order valence-electron chi connectivity index (χ0n) is 10.9. The third-order valence-corrected chi connectivity index (χ3v) is 3.73. The van der Waals surface area contributed by atoms with Crippen molar-refractivity contribution < 1.29 is 24.5 Å². The van der Waals surface area contributed by atoms with Crippen LogP contribution >= 0.6 is 12.6 Å². The smallest absolute Gasteiger partial charge is 0.330 e. The average Bonchev–Trinajstić information content (AvgIpc) is 2.72. The molecule has 4 atom stereocenters.